The van der Waals surface area contributed by atoms with E-state index < -0.39 is 0 Å². The highest BCUT2D eigenvalue weighted by Gasteiger charge is 2.28. The lowest BCUT2D eigenvalue weighted by molar-refractivity contribution is -0.124. The first-order valence-corrected chi connectivity index (χ1v) is 9.06. The van der Waals surface area contributed by atoms with Gasteiger partial charge in [0.05, 0.1) is 19.3 Å². The van der Waals surface area contributed by atoms with Crippen LogP contribution >= 0.6 is 0 Å². The Morgan fingerprint density at radius 1 is 1.22 bits per heavy atom. The molecule has 0 radical (unpaired) electrons. The lowest BCUT2D eigenvalue weighted by atomic mass is 10.2. The lowest BCUT2D eigenvalue weighted by Crippen LogP contribution is -2.53. The van der Waals surface area contributed by atoms with E-state index in [9.17, 15) is 9.59 Å². The fourth-order valence-electron chi connectivity index (χ4n) is 3.34. The number of methoxy groups -OCH3 is 1. The average molecular weight is 374 g/mol. The Hall–Kier alpha value is -2.97. The standard InChI is InChI=1S/C18H26N6O3/c1-19-17(20-7-8-24-16(25)13-21-18(24)26)23-11-9-22(10-12-23)14-5-3-4-6-15(14)27-2/h3-6H,7-13H2,1-2H3,(H,19,20)(H,21,26). The molecule has 0 bridgehead atoms. The second-order valence-corrected chi connectivity index (χ2v) is 6.32. The summed E-state index contributed by atoms with van der Waals surface area (Å²) in [5, 5.41) is 5.76. The van der Waals surface area contributed by atoms with Crippen LogP contribution in [0.15, 0.2) is 29.3 Å². The van der Waals surface area contributed by atoms with E-state index in [0.717, 1.165) is 43.6 Å². The van der Waals surface area contributed by atoms with Crippen LogP contribution in [0.2, 0.25) is 0 Å². The van der Waals surface area contributed by atoms with Crippen LogP contribution in [0.5, 0.6) is 5.75 Å². The number of carbonyl (C=O) groups is 2. The van der Waals surface area contributed by atoms with E-state index in [4.69, 9.17) is 4.74 Å². The first-order valence-electron chi connectivity index (χ1n) is 9.06. The van der Waals surface area contributed by atoms with E-state index in [1.54, 1.807) is 14.2 Å². The average Bonchev–Trinajstić information content (AvgIpc) is 3.03. The van der Waals surface area contributed by atoms with E-state index in [-0.39, 0.29) is 18.5 Å². The van der Waals surface area contributed by atoms with Crippen LogP contribution in [0.1, 0.15) is 0 Å². The van der Waals surface area contributed by atoms with Gasteiger partial charge in [-0.1, -0.05) is 12.1 Å². The number of carbonyl (C=O) groups excluding carboxylic acids is 2. The van der Waals surface area contributed by atoms with Crippen LogP contribution in [0.3, 0.4) is 0 Å². The molecule has 1 aromatic carbocycles. The molecule has 2 heterocycles. The molecule has 2 saturated heterocycles. The molecule has 2 aliphatic heterocycles. The molecule has 1 aromatic rings. The summed E-state index contributed by atoms with van der Waals surface area (Å²) in [4.78, 5) is 33.2. The number of piperazine rings is 1. The van der Waals surface area contributed by atoms with Gasteiger partial charge in [-0.15, -0.1) is 0 Å². The molecule has 0 aromatic heterocycles. The molecule has 0 atom stereocenters. The number of imide groups is 1. The van der Waals surface area contributed by atoms with Gasteiger partial charge in [0.1, 0.15) is 5.75 Å². The van der Waals surface area contributed by atoms with Gasteiger partial charge >= 0.3 is 6.03 Å². The molecule has 146 valence electrons. The van der Waals surface area contributed by atoms with Gasteiger partial charge in [0.2, 0.25) is 5.91 Å². The van der Waals surface area contributed by atoms with Crippen molar-refractivity contribution >= 4 is 23.6 Å². The number of ether oxygens (including phenoxy) is 1. The van der Waals surface area contributed by atoms with Gasteiger partial charge in [0.15, 0.2) is 5.96 Å². The Labute approximate surface area is 159 Å². The molecule has 0 saturated carbocycles. The Bertz CT molecular complexity index is 699. The number of guanidine groups is 1. The zero-order chi connectivity index (χ0) is 19.2. The molecular weight excluding hydrogens is 348 g/mol. The van der Waals surface area contributed by atoms with Crippen molar-refractivity contribution in [1.82, 2.24) is 20.4 Å². The van der Waals surface area contributed by atoms with E-state index in [2.05, 4.69) is 31.5 Å². The Kier molecular flexibility index (Phi) is 6.00. The van der Waals surface area contributed by atoms with Gasteiger partial charge in [-0.25, -0.2) is 4.79 Å². The molecule has 0 aliphatic carbocycles. The van der Waals surface area contributed by atoms with Crippen molar-refractivity contribution in [1.29, 1.82) is 0 Å². The number of benzene rings is 1. The number of nitrogens with one attached hydrogen (secondary N) is 2. The summed E-state index contributed by atoms with van der Waals surface area (Å²) >= 11 is 0. The van der Waals surface area contributed by atoms with Gasteiger partial charge in [0, 0.05) is 46.3 Å². The highest BCUT2D eigenvalue weighted by molar-refractivity contribution is 6.01. The lowest BCUT2D eigenvalue weighted by Gasteiger charge is -2.38. The van der Waals surface area contributed by atoms with E-state index >= 15 is 0 Å². The van der Waals surface area contributed by atoms with Crippen molar-refractivity contribution in [3.05, 3.63) is 24.3 Å². The second kappa shape index (κ2) is 8.61. The summed E-state index contributed by atoms with van der Waals surface area (Å²) in [7, 11) is 3.43. The van der Waals surface area contributed by atoms with Crippen LogP contribution in [0, 0.1) is 0 Å². The molecule has 0 unspecified atom stereocenters. The second-order valence-electron chi connectivity index (χ2n) is 6.32. The molecule has 2 aliphatic rings. The van der Waals surface area contributed by atoms with Crippen LogP contribution in [0.4, 0.5) is 10.5 Å². The van der Waals surface area contributed by atoms with Crippen LogP contribution in [0.25, 0.3) is 0 Å². The first kappa shape index (κ1) is 18.8. The number of nitrogens with zero attached hydrogens (tertiary/aromatic N) is 4. The third-order valence-electron chi connectivity index (χ3n) is 4.77. The molecule has 27 heavy (non-hydrogen) atoms. The fourth-order valence-corrected chi connectivity index (χ4v) is 3.34. The zero-order valence-corrected chi connectivity index (χ0v) is 15.8. The van der Waals surface area contributed by atoms with Crippen molar-refractivity contribution in [3.63, 3.8) is 0 Å². The maximum Gasteiger partial charge on any atom is 0.324 e. The van der Waals surface area contributed by atoms with Crippen molar-refractivity contribution in [3.8, 4) is 5.75 Å². The normalized spacial score (nSPS) is 18.0. The monoisotopic (exact) mass is 374 g/mol. The SMILES string of the molecule is CN=C(NCCN1C(=O)CNC1=O)N1CCN(c2ccccc2OC)CC1. The third kappa shape index (κ3) is 4.24. The number of hydrogen-bond donors (Lipinski definition) is 2. The van der Waals surface area contributed by atoms with Crippen LogP contribution in [-0.4, -0.2) is 87.7 Å². The number of hydrogen-bond acceptors (Lipinski definition) is 5. The first-order chi connectivity index (χ1) is 13.1. The molecule has 0 spiro atoms. The van der Waals surface area contributed by atoms with E-state index in [1.807, 2.05) is 18.2 Å². The quantitative estimate of drug-likeness (QED) is 0.427. The minimum atomic E-state index is -0.331. The summed E-state index contributed by atoms with van der Waals surface area (Å²) in [5.41, 5.74) is 1.10. The smallest absolute Gasteiger partial charge is 0.324 e. The summed E-state index contributed by atoms with van der Waals surface area (Å²) < 4.78 is 5.46. The van der Waals surface area contributed by atoms with E-state index in [0.29, 0.717) is 13.1 Å². The zero-order valence-electron chi connectivity index (χ0n) is 15.8. The van der Waals surface area contributed by atoms with Gasteiger partial charge in [0.25, 0.3) is 0 Å². The maximum absolute atomic E-state index is 11.6. The number of aliphatic imine (C=N–C) groups is 1. The summed E-state index contributed by atoms with van der Waals surface area (Å²) in [6.07, 6.45) is 0. The molecule has 2 N–H and O–H groups in total. The topological polar surface area (TPSA) is 89.5 Å². The molecular formula is C18H26N6O3. The van der Waals surface area contributed by atoms with Crippen molar-refractivity contribution < 1.29 is 14.3 Å². The molecule has 9 heteroatoms. The maximum atomic E-state index is 11.6. The summed E-state index contributed by atoms with van der Waals surface area (Å²) in [5.74, 6) is 1.46. The molecule has 3 amide bonds. The third-order valence-corrected chi connectivity index (χ3v) is 4.77. The van der Waals surface area contributed by atoms with Crippen molar-refractivity contribution in [2.24, 2.45) is 4.99 Å². The van der Waals surface area contributed by atoms with Gasteiger partial charge in [-0.2, -0.15) is 0 Å². The van der Waals surface area contributed by atoms with Crippen LogP contribution in [-0.2, 0) is 4.79 Å². The Balaban J connectivity index is 1.50. The van der Waals surface area contributed by atoms with Crippen LogP contribution < -0.4 is 20.3 Å². The number of para-hydroxylation sites is 2. The number of amides is 3. The van der Waals surface area contributed by atoms with Crippen molar-refractivity contribution in [2.45, 2.75) is 0 Å². The van der Waals surface area contributed by atoms with Crippen molar-refractivity contribution in [2.75, 3.05) is 64.9 Å². The minimum absolute atomic E-state index is 0.0818. The predicted octanol–water partition coefficient (Wildman–Crippen LogP) is -0.0556. The number of urea groups is 1. The molecule has 3 rings (SSSR count). The largest absolute Gasteiger partial charge is 0.495 e. The Morgan fingerprint density at radius 3 is 2.59 bits per heavy atom. The van der Waals surface area contributed by atoms with Gasteiger partial charge in [-0.3, -0.25) is 14.7 Å². The Morgan fingerprint density at radius 2 is 1.96 bits per heavy atom. The van der Waals surface area contributed by atoms with Gasteiger partial charge in [-0.05, 0) is 12.1 Å². The minimum Gasteiger partial charge on any atom is -0.495 e. The molecule has 2 fully saturated rings. The molecule has 9 nitrogen and oxygen atoms in total. The number of anilines is 1. The predicted molar refractivity (Wildman–Crippen MR) is 103 cm³/mol. The highest BCUT2D eigenvalue weighted by Crippen LogP contribution is 2.28. The van der Waals surface area contributed by atoms with Gasteiger partial charge < -0.3 is 25.2 Å². The summed E-state index contributed by atoms with van der Waals surface area (Å²) in [6, 6.07) is 7.69. The summed E-state index contributed by atoms with van der Waals surface area (Å²) in [6.45, 7) is 4.23. The highest BCUT2D eigenvalue weighted by atomic mass is 16.5. The number of rotatable bonds is 5. The fraction of sp³-hybridized carbons (Fsp3) is 0.500. The van der Waals surface area contributed by atoms with E-state index in [1.165, 1.54) is 4.90 Å².